The summed E-state index contributed by atoms with van der Waals surface area (Å²) in [5, 5.41) is 5.74. The van der Waals surface area contributed by atoms with Crippen LogP contribution in [0.3, 0.4) is 0 Å². The van der Waals surface area contributed by atoms with Crippen LogP contribution in [0.25, 0.3) is 10.9 Å². The fraction of sp³-hybridized carbons (Fsp3) is 0.471. The van der Waals surface area contributed by atoms with Gasteiger partial charge in [-0.3, -0.25) is 4.98 Å². The number of hydrogen-bond acceptors (Lipinski definition) is 2. The zero-order valence-corrected chi connectivity index (χ0v) is 12.0. The Bertz CT molecular complexity index is 682. The molecule has 4 unspecified atom stereocenters. The molecule has 3 fully saturated rings. The van der Waals surface area contributed by atoms with Gasteiger partial charge in [0.25, 0.3) is 0 Å². The van der Waals surface area contributed by atoms with Crippen molar-refractivity contribution in [3.05, 3.63) is 35.5 Å². The standard InChI is InChI=1S/C17H17ClN2/c18-11-3-4-12-13(5-6-19-14(12)8-11)20-17-15-9-1-2-10(7-9)16(15)17/h3-6,8-10,15-17H,1-2,7H2,(H,19,20). The molecular formula is C17H17ClN2. The van der Waals surface area contributed by atoms with Crippen molar-refractivity contribution in [3.8, 4) is 0 Å². The van der Waals surface area contributed by atoms with Crippen LogP contribution in [0.2, 0.25) is 5.02 Å². The maximum absolute atomic E-state index is 6.05. The van der Waals surface area contributed by atoms with Crippen LogP contribution in [0, 0.1) is 23.7 Å². The highest BCUT2D eigenvalue weighted by molar-refractivity contribution is 6.31. The molecule has 0 radical (unpaired) electrons. The molecule has 5 rings (SSSR count). The number of rotatable bonds is 2. The minimum atomic E-state index is 0.711. The van der Waals surface area contributed by atoms with Crippen LogP contribution < -0.4 is 5.32 Å². The van der Waals surface area contributed by atoms with Gasteiger partial charge < -0.3 is 5.32 Å². The Morgan fingerprint density at radius 2 is 1.90 bits per heavy atom. The van der Waals surface area contributed by atoms with E-state index >= 15 is 0 Å². The summed E-state index contributed by atoms with van der Waals surface area (Å²) in [6.07, 6.45) is 6.32. The number of aromatic nitrogens is 1. The molecule has 2 nitrogen and oxygen atoms in total. The topological polar surface area (TPSA) is 24.9 Å². The fourth-order valence-electron chi connectivity index (χ4n) is 4.95. The van der Waals surface area contributed by atoms with E-state index in [1.165, 1.54) is 30.3 Å². The van der Waals surface area contributed by atoms with Gasteiger partial charge in [-0.25, -0.2) is 0 Å². The first-order valence-corrected chi connectivity index (χ1v) is 8.00. The summed E-state index contributed by atoms with van der Waals surface area (Å²) in [7, 11) is 0. The molecule has 1 heterocycles. The molecular weight excluding hydrogens is 268 g/mol. The van der Waals surface area contributed by atoms with E-state index in [0.29, 0.717) is 6.04 Å². The van der Waals surface area contributed by atoms with Gasteiger partial charge in [0.15, 0.2) is 0 Å². The molecule has 2 bridgehead atoms. The van der Waals surface area contributed by atoms with Crippen LogP contribution >= 0.6 is 11.6 Å². The Morgan fingerprint density at radius 1 is 1.10 bits per heavy atom. The highest BCUT2D eigenvalue weighted by Gasteiger charge is 2.65. The summed E-state index contributed by atoms with van der Waals surface area (Å²) in [4.78, 5) is 4.42. The van der Waals surface area contributed by atoms with Crippen LogP contribution in [0.1, 0.15) is 19.3 Å². The average Bonchev–Trinajstić information content (AvgIpc) is 2.83. The van der Waals surface area contributed by atoms with E-state index in [-0.39, 0.29) is 0 Å². The highest BCUT2D eigenvalue weighted by atomic mass is 35.5. The normalized spacial score (nSPS) is 37.1. The summed E-state index contributed by atoms with van der Waals surface area (Å²) < 4.78 is 0. The van der Waals surface area contributed by atoms with Gasteiger partial charge in [0.1, 0.15) is 0 Å². The van der Waals surface area contributed by atoms with Gasteiger partial charge in [-0.15, -0.1) is 0 Å². The predicted molar refractivity (Wildman–Crippen MR) is 82.0 cm³/mol. The van der Waals surface area contributed by atoms with Crippen LogP contribution in [-0.4, -0.2) is 11.0 Å². The van der Waals surface area contributed by atoms with Gasteiger partial charge in [0, 0.05) is 28.3 Å². The lowest BCUT2D eigenvalue weighted by molar-refractivity contribution is 0.456. The minimum absolute atomic E-state index is 0.711. The largest absolute Gasteiger partial charge is 0.381 e. The molecule has 0 amide bonds. The maximum atomic E-state index is 6.05. The Morgan fingerprint density at radius 3 is 2.70 bits per heavy atom. The first-order valence-electron chi connectivity index (χ1n) is 7.62. The number of hydrogen-bond donors (Lipinski definition) is 1. The number of nitrogens with zero attached hydrogens (tertiary/aromatic N) is 1. The number of fused-ring (bicyclic) bond motifs is 6. The lowest BCUT2D eigenvalue weighted by Crippen LogP contribution is -2.13. The Balaban J connectivity index is 1.48. The van der Waals surface area contributed by atoms with Crippen molar-refractivity contribution in [2.24, 2.45) is 23.7 Å². The summed E-state index contributed by atoms with van der Waals surface area (Å²) in [5.74, 6) is 3.91. The Hall–Kier alpha value is -1.28. The molecule has 3 saturated carbocycles. The lowest BCUT2D eigenvalue weighted by Gasteiger charge is -2.13. The Labute approximate surface area is 123 Å². The third kappa shape index (κ3) is 1.49. The molecule has 20 heavy (non-hydrogen) atoms. The van der Waals surface area contributed by atoms with E-state index in [9.17, 15) is 0 Å². The van der Waals surface area contributed by atoms with Crippen molar-refractivity contribution < 1.29 is 0 Å². The molecule has 1 aromatic heterocycles. The smallest absolute Gasteiger partial charge is 0.0737 e. The molecule has 0 aliphatic heterocycles. The summed E-state index contributed by atoms with van der Waals surface area (Å²) >= 11 is 6.05. The van der Waals surface area contributed by atoms with Crippen LogP contribution in [0.5, 0.6) is 0 Å². The monoisotopic (exact) mass is 284 g/mol. The molecule has 4 atom stereocenters. The van der Waals surface area contributed by atoms with Crippen LogP contribution in [0.4, 0.5) is 5.69 Å². The molecule has 102 valence electrons. The lowest BCUT2D eigenvalue weighted by atomic mass is 10.0. The molecule has 0 spiro atoms. The van der Waals surface area contributed by atoms with E-state index in [4.69, 9.17) is 11.6 Å². The number of nitrogens with one attached hydrogen (secondary N) is 1. The van der Waals surface area contributed by atoms with Gasteiger partial charge in [-0.2, -0.15) is 0 Å². The highest BCUT2D eigenvalue weighted by Crippen LogP contribution is 2.66. The fourth-order valence-corrected chi connectivity index (χ4v) is 5.11. The number of anilines is 1. The van der Waals surface area contributed by atoms with Crippen LogP contribution in [0.15, 0.2) is 30.5 Å². The first kappa shape index (κ1) is 11.4. The van der Waals surface area contributed by atoms with Crippen molar-refractivity contribution in [1.29, 1.82) is 0 Å². The van der Waals surface area contributed by atoms with E-state index in [1.807, 2.05) is 18.3 Å². The zero-order valence-electron chi connectivity index (χ0n) is 11.2. The van der Waals surface area contributed by atoms with Crippen molar-refractivity contribution in [2.75, 3.05) is 5.32 Å². The zero-order chi connectivity index (χ0) is 13.3. The van der Waals surface area contributed by atoms with Crippen molar-refractivity contribution in [1.82, 2.24) is 4.98 Å². The third-order valence-electron chi connectivity index (χ3n) is 5.76. The molecule has 3 aliphatic rings. The molecule has 0 saturated heterocycles. The van der Waals surface area contributed by atoms with Gasteiger partial charge in [-0.05, 0) is 67.2 Å². The SMILES string of the molecule is Clc1ccc2c(NC3C4C5CCC(C5)C34)ccnc2c1. The quantitative estimate of drug-likeness (QED) is 0.887. The van der Waals surface area contributed by atoms with Gasteiger partial charge >= 0.3 is 0 Å². The Kier molecular flexibility index (Phi) is 2.21. The maximum Gasteiger partial charge on any atom is 0.0737 e. The molecule has 3 heteroatoms. The van der Waals surface area contributed by atoms with E-state index < -0.39 is 0 Å². The van der Waals surface area contributed by atoms with Crippen molar-refractivity contribution >= 4 is 28.2 Å². The average molecular weight is 285 g/mol. The second-order valence-corrected chi connectivity index (χ2v) is 7.11. The second kappa shape index (κ2) is 3.88. The second-order valence-electron chi connectivity index (χ2n) is 6.68. The van der Waals surface area contributed by atoms with E-state index in [1.54, 1.807) is 0 Å². The number of pyridine rings is 1. The summed E-state index contributed by atoms with van der Waals surface area (Å²) in [6, 6.07) is 8.79. The minimum Gasteiger partial charge on any atom is -0.381 e. The van der Waals surface area contributed by atoms with Crippen molar-refractivity contribution in [2.45, 2.75) is 25.3 Å². The first-order chi connectivity index (χ1) is 9.81. The molecule has 1 aromatic carbocycles. The van der Waals surface area contributed by atoms with Gasteiger partial charge in [0.2, 0.25) is 0 Å². The van der Waals surface area contributed by atoms with E-state index in [2.05, 4.69) is 22.4 Å². The van der Waals surface area contributed by atoms with E-state index in [0.717, 1.165) is 34.2 Å². The number of halogens is 1. The van der Waals surface area contributed by atoms with Gasteiger partial charge in [0.05, 0.1) is 5.52 Å². The third-order valence-corrected chi connectivity index (χ3v) is 6.00. The van der Waals surface area contributed by atoms with Crippen molar-refractivity contribution in [3.63, 3.8) is 0 Å². The van der Waals surface area contributed by atoms with Gasteiger partial charge in [-0.1, -0.05) is 11.6 Å². The molecule has 1 N–H and O–H groups in total. The summed E-state index contributed by atoms with van der Waals surface area (Å²) in [5.41, 5.74) is 2.21. The summed E-state index contributed by atoms with van der Waals surface area (Å²) in [6.45, 7) is 0. The number of benzene rings is 1. The van der Waals surface area contributed by atoms with Crippen LogP contribution in [-0.2, 0) is 0 Å². The predicted octanol–water partition coefficient (Wildman–Crippen LogP) is 4.34. The molecule has 3 aliphatic carbocycles. The molecule has 2 aromatic rings.